The Labute approximate surface area is 207 Å². The lowest BCUT2D eigenvalue weighted by Crippen LogP contribution is -2.40. The molecule has 3 aromatic rings. The molecule has 0 saturated heterocycles. The standard InChI is InChI=1S/C25H29ClF3N5O/c1-14(2)10-18-12-22(34(3)33-18)24(35)31-17-7-5-16(6-8-17)30-21-13-23(25(27,28)29)32-20-9-4-15(26)11-19(20)21/h4,9,11-14,16-17H,5-8,10H2,1-3H3,(H,30,32)(H,31,35)/t16-,17+. The molecule has 1 saturated carbocycles. The molecule has 0 radical (unpaired) electrons. The molecule has 1 amide bonds. The SMILES string of the molecule is CC(C)Cc1cc(C(=O)N[C@H]2CC[C@@H](Nc3cc(C(F)(F)F)nc4ccc(Cl)cc34)CC2)n(C)n1. The third-order valence-electron chi connectivity index (χ3n) is 6.26. The van der Waals surface area contributed by atoms with E-state index in [1.807, 2.05) is 6.07 Å². The van der Waals surface area contributed by atoms with E-state index in [0.717, 1.165) is 31.0 Å². The Balaban J connectivity index is 1.41. The minimum absolute atomic E-state index is 0.00152. The van der Waals surface area contributed by atoms with Crippen molar-refractivity contribution in [3.8, 4) is 0 Å². The van der Waals surface area contributed by atoms with Gasteiger partial charge in [-0.05, 0) is 68.4 Å². The molecule has 4 rings (SSSR count). The Morgan fingerprint density at radius 3 is 2.49 bits per heavy atom. The van der Waals surface area contributed by atoms with Gasteiger partial charge >= 0.3 is 6.18 Å². The number of fused-ring (bicyclic) bond motifs is 1. The largest absolute Gasteiger partial charge is 0.433 e. The van der Waals surface area contributed by atoms with Crippen LogP contribution in [0.15, 0.2) is 30.3 Å². The molecule has 0 aliphatic heterocycles. The van der Waals surface area contributed by atoms with Crippen LogP contribution >= 0.6 is 11.6 Å². The number of amides is 1. The molecule has 1 fully saturated rings. The molecule has 2 N–H and O–H groups in total. The van der Waals surface area contributed by atoms with Crippen molar-refractivity contribution in [2.75, 3.05) is 5.32 Å². The van der Waals surface area contributed by atoms with E-state index in [9.17, 15) is 18.0 Å². The summed E-state index contributed by atoms with van der Waals surface area (Å²) in [6.07, 6.45) is -0.886. The predicted molar refractivity (Wildman–Crippen MR) is 131 cm³/mol. The Bertz CT molecular complexity index is 1220. The van der Waals surface area contributed by atoms with Gasteiger partial charge in [-0.2, -0.15) is 18.3 Å². The molecule has 35 heavy (non-hydrogen) atoms. The van der Waals surface area contributed by atoms with Crippen molar-refractivity contribution in [2.45, 2.75) is 64.2 Å². The molecule has 10 heteroatoms. The molecule has 1 aliphatic carbocycles. The first kappa shape index (κ1) is 25.3. The summed E-state index contributed by atoms with van der Waals surface area (Å²) in [6.45, 7) is 4.21. The number of carbonyl (C=O) groups excluding carboxylic acids is 1. The summed E-state index contributed by atoms with van der Waals surface area (Å²) in [5.41, 5.74) is 1.08. The van der Waals surface area contributed by atoms with Gasteiger partial charge in [0.15, 0.2) is 0 Å². The molecule has 188 valence electrons. The van der Waals surface area contributed by atoms with Gasteiger partial charge in [-0.1, -0.05) is 25.4 Å². The number of nitrogens with zero attached hydrogens (tertiary/aromatic N) is 3. The lowest BCUT2D eigenvalue weighted by Gasteiger charge is -2.30. The minimum Gasteiger partial charge on any atom is -0.382 e. The van der Waals surface area contributed by atoms with Crippen LogP contribution in [0.25, 0.3) is 10.9 Å². The normalized spacial score (nSPS) is 18.7. The summed E-state index contributed by atoms with van der Waals surface area (Å²) in [5.74, 6) is 0.292. The third-order valence-corrected chi connectivity index (χ3v) is 6.50. The Hall–Kier alpha value is -2.81. The number of rotatable bonds is 6. The third kappa shape index (κ3) is 6.07. The Kier molecular flexibility index (Phi) is 7.26. The van der Waals surface area contributed by atoms with Crippen molar-refractivity contribution < 1.29 is 18.0 Å². The van der Waals surface area contributed by atoms with Crippen LogP contribution in [0.3, 0.4) is 0 Å². The smallest absolute Gasteiger partial charge is 0.382 e. The first-order valence-corrected chi connectivity index (χ1v) is 12.1. The number of hydrogen-bond donors (Lipinski definition) is 2. The number of anilines is 1. The van der Waals surface area contributed by atoms with Crippen molar-refractivity contribution >= 4 is 34.1 Å². The van der Waals surface area contributed by atoms with Gasteiger partial charge in [0.25, 0.3) is 5.91 Å². The minimum atomic E-state index is -4.55. The van der Waals surface area contributed by atoms with Gasteiger partial charge in [-0.25, -0.2) is 4.98 Å². The van der Waals surface area contributed by atoms with Crippen LogP contribution in [0.5, 0.6) is 0 Å². The van der Waals surface area contributed by atoms with Gasteiger partial charge in [-0.15, -0.1) is 0 Å². The fourth-order valence-electron chi connectivity index (χ4n) is 4.58. The number of pyridine rings is 1. The second-order valence-corrected chi connectivity index (χ2v) is 10.1. The molecule has 6 nitrogen and oxygen atoms in total. The highest BCUT2D eigenvalue weighted by molar-refractivity contribution is 6.31. The Morgan fingerprint density at radius 2 is 1.83 bits per heavy atom. The van der Waals surface area contributed by atoms with E-state index in [0.29, 0.717) is 40.5 Å². The van der Waals surface area contributed by atoms with E-state index in [-0.39, 0.29) is 23.5 Å². The van der Waals surface area contributed by atoms with Crippen LogP contribution in [0.1, 0.15) is 61.4 Å². The van der Waals surface area contributed by atoms with Gasteiger partial charge in [0, 0.05) is 35.2 Å². The number of alkyl halides is 3. The lowest BCUT2D eigenvalue weighted by molar-refractivity contribution is -0.140. The van der Waals surface area contributed by atoms with Crippen LogP contribution in [0.2, 0.25) is 5.02 Å². The van der Waals surface area contributed by atoms with Crippen LogP contribution in [-0.2, 0) is 19.6 Å². The summed E-state index contributed by atoms with van der Waals surface area (Å²) in [5, 5.41) is 11.8. The lowest BCUT2D eigenvalue weighted by atomic mass is 9.90. The van der Waals surface area contributed by atoms with Crippen molar-refractivity contribution in [3.05, 3.63) is 52.4 Å². The van der Waals surface area contributed by atoms with Crippen molar-refractivity contribution in [1.82, 2.24) is 20.1 Å². The average molecular weight is 508 g/mol. The van der Waals surface area contributed by atoms with Crippen LogP contribution in [0, 0.1) is 5.92 Å². The van der Waals surface area contributed by atoms with E-state index >= 15 is 0 Å². The summed E-state index contributed by atoms with van der Waals surface area (Å²) < 4.78 is 41.8. The van der Waals surface area contributed by atoms with E-state index in [1.54, 1.807) is 17.8 Å². The quantitative estimate of drug-likeness (QED) is 0.430. The summed E-state index contributed by atoms with van der Waals surface area (Å²) in [4.78, 5) is 16.6. The van der Waals surface area contributed by atoms with Gasteiger partial charge in [-0.3, -0.25) is 9.48 Å². The van der Waals surface area contributed by atoms with E-state index in [4.69, 9.17) is 11.6 Å². The average Bonchev–Trinajstić information content (AvgIpc) is 3.14. The van der Waals surface area contributed by atoms with Crippen LogP contribution in [0.4, 0.5) is 18.9 Å². The highest BCUT2D eigenvalue weighted by atomic mass is 35.5. The van der Waals surface area contributed by atoms with E-state index in [1.165, 1.54) is 12.1 Å². The van der Waals surface area contributed by atoms with Gasteiger partial charge in [0.2, 0.25) is 0 Å². The fraction of sp³-hybridized carbons (Fsp3) is 0.480. The zero-order valence-corrected chi connectivity index (χ0v) is 20.7. The van der Waals surface area contributed by atoms with Gasteiger partial charge in [0.05, 0.1) is 11.2 Å². The summed E-state index contributed by atoms with van der Waals surface area (Å²) in [7, 11) is 1.76. The van der Waals surface area contributed by atoms with E-state index < -0.39 is 11.9 Å². The molecular formula is C25H29ClF3N5O. The summed E-state index contributed by atoms with van der Waals surface area (Å²) in [6, 6.07) is 7.50. The van der Waals surface area contributed by atoms with Crippen LogP contribution in [-0.4, -0.2) is 32.8 Å². The van der Waals surface area contributed by atoms with Crippen molar-refractivity contribution in [3.63, 3.8) is 0 Å². The van der Waals surface area contributed by atoms with Gasteiger partial charge in [0.1, 0.15) is 11.4 Å². The molecular weight excluding hydrogens is 479 g/mol. The molecule has 0 bridgehead atoms. The molecule has 0 unspecified atom stereocenters. The highest BCUT2D eigenvalue weighted by Crippen LogP contribution is 2.35. The molecule has 2 aromatic heterocycles. The number of carbonyl (C=O) groups is 1. The number of nitrogens with one attached hydrogen (secondary N) is 2. The van der Waals surface area contributed by atoms with E-state index in [2.05, 4.69) is 34.6 Å². The number of aryl methyl sites for hydroxylation is 1. The van der Waals surface area contributed by atoms with Gasteiger partial charge < -0.3 is 10.6 Å². The first-order valence-electron chi connectivity index (χ1n) is 11.8. The monoisotopic (exact) mass is 507 g/mol. The zero-order valence-electron chi connectivity index (χ0n) is 19.9. The molecule has 1 aliphatic rings. The maximum atomic E-state index is 13.4. The Morgan fingerprint density at radius 1 is 1.14 bits per heavy atom. The van der Waals surface area contributed by atoms with Crippen LogP contribution < -0.4 is 10.6 Å². The molecule has 1 aromatic carbocycles. The summed E-state index contributed by atoms with van der Waals surface area (Å²) >= 11 is 6.09. The fourth-order valence-corrected chi connectivity index (χ4v) is 4.75. The van der Waals surface area contributed by atoms with Crippen molar-refractivity contribution in [1.29, 1.82) is 0 Å². The topological polar surface area (TPSA) is 71.8 Å². The maximum Gasteiger partial charge on any atom is 0.433 e. The first-order chi connectivity index (χ1) is 16.5. The molecule has 0 atom stereocenters. The molecule has 2 heterocycles. The zero-order chi connectivity index (χ0) is 25.3. The number of halogens is 4. The number of aromatic nitrogens is 3. The molecule has 0 spiro atoms. The highest BCUT2D eigenvalue weighted by Gasteiger charge is 2.34. The maximum absolute atomic E-state index is 13.4. The van der Waals surface area contributed by atoms with Crippen molar-refractivity contribution in [2.24, 2.45) is 13.0 Å². The second kappa shape index (κ2) is 10.0. The number of hydrogen-bond acceptors (Lipinski definition) is 4. The number of benzene rings is 1. The predicted octanol–water partition coefficient (Wildman–Crippen LogP) is 5.99. The second-order valence-electron chi connectivity index (χ2n) is 9.62.